The lowest BCUT2D eigenvalue weighted by Gasteiger charge is -2.50. The number of ether oxygens (including phenoxy) is 1. The minimum Gasteiger partial charge on any atom is -0.444 e. The van der Waals surface area contributed by atoms with Crippen LogP contribution in [0.5, 0.6) is 0 Å². The largest absolute Gasteiger partial charge is 0.444 e. The molecule has 0 aromatic rings. The minimum absolute atomic E-state index is 0.222. The summed E-state index contributed by atoms with van der Waals surface area (Å²) < 4.78 is 31.8. The van der Waals surface area contributed by atoms with Gasteiger partial charge in [0.2, 0.25) is 5.92 Å². The predicted octanol–water partition coefficient (Wildman–Crippen LogP) is 1.98. The van der Waals surface area contributed by atoms with Crippen molar-refractivity contribution >= 4 is 6.09 Å². The highest BCUT2D eigenvalue weighted by Crippen LogP contribution is 2.51. The van der Waals surface area contributed by atoms with Crippen LogP contribution in [0.2, 0.25) is 0 Å². The molecule has 2 aliphatic rings. The Balaban J connectivity index is 1.93. The van der Waals surface area contributed by atoms with E-state index in [1.54, 1.807) is 20.8 Å². The van der Waals surface area contributed by atoms with Gasteiger partial charge in [-0.25, -0.2) is 13.6 Å². The number of nitrogens with zero attached hydrogens (tertiary/aromatic N) is 1. The average molecular weight is 262 g/mol. The van der Waals surface area contributed by atoms with Crippen molar-refractivity contribution in [3.63, 3.8) is 0 Å². The molecule has 2 fully saturated rings. The second kappa shape index (κ2) is 3.79. The molecule has 1 aliphatic heterocycles. The molecule has 0 aromatic carbocycles. The molecule has 2 rings (SSSR count). The molecule has 4 nitrogen and oxygen atoms in total. The summed E-state index contributed by atoms with van der Waals surface area (Å²) in [5.74, 6) is -2.70. The lowest BCUT2D eigenvalue weighted by atomic mass is 9.75. The summed E-state index contributed by atoms with van der Waals surface area (Å²) in [6.07, 6.45) is -0.953. The Morgan fingerprint density at radius 2 is 1.94 bits per heavy atom. The quantitative estimate of drug-likeness (QED) is 0.726. The Kier molecular flexibility index (Phi) is 2.85. The number of amides is 1. The summed E-state index contributed by atoms with van der Waals surface area (Å²) in [6.45, 7) is 5.87. The fraction of sp³-hybridized carbons (Fsp3) is 0.917. The van der Waals surface area contributed by atoms with Gasteiger partial charge in [0.05, 0.1) is 0 Å². The van der Waals surface area contributed by atoms with E-state index in [9.17, 15) is 13.6 Å². The number of carbonyl (C=O) groups excluding carboxylic acids is 1. The fourth-order valence-electron chi connectivity index (χ4n) is 2.77. The van der Waals surface area contributed by atoms with Crippen molar-refractivity contribution in [3.8, 4) is 0 Å². The standard InChI is InChI=1S/C12H20F2N2O2/c1-10(2,3)18-9(17)16-6-11(7-16)5-12(13,14)4-8(11)15/h8H,4-7,15H2,1-3H3. The zero-order chi connectivity index (χ0) is 13.8. The van der Waals surface area contributed by atoms with E-state index in [1.807, 2.05) is 0 Å². The van der Waals surface area contributed by atoms with Crippen LogP contribution < -0.4 is 5.73 Å². The molecule has 6 heteroatoms. The third-order valence-corrected chi connectivity index (χ3v) is 3.58. The number of rotatable bonds is 0. The lowest BCUT2D eigenvalue weighted by molar-refractivity contribution is -0.0592. The zero-order valence-electron chi connectivity index (χ0n) is 11.0. The van der Waals surface area contributed by atoms with Gasteiger partial charge in [0.25, 0.3) is 0 Å². The van der Waals surface area contributed by atoms with Crippen LogP contribution in [0.25, 0.3) is 0 Å². The van der Waals surface area contributed by atoms with Gasteiger partial charge in [0, 0.05) is 37.4 Å². The van der Waals surface area contributed by atoms with Gasteiger partial charge in [-0.2, -0.15) is 0 Å². The molecule has 0 radical (unpaired) electrons. The Labute approximate surface area is 105 Å². The maximum atomic E-state index is 13.3. The molecular formula is C12H20F2N2O2. The van der Waals surface area contributed by atoms with E-state index in [4.69, 9.17) is 10.5 Å². The van der Waals surface area contributed by atoms with Crippen molar-refractivity contribution in [1.82, 2.24) is 4.90 Å². The number of hydrogen-bond donors (Lipinski definition) is 1. The van der Waals surface area contributed by atoms with Gasteiger partial charge in [-0.1, -0.05) is 0 Å². The lowest BCUT2D eigenvalue weighted by Crippen LogP contribution is -2.64. The van der Waals surface area contributed by atoms with Crippen molar-refractivity contribution in [2.75, 3.05) is 13.1 Å². The van der Waals surface area contributed by atoms with E-state index in [2.05, 4.69) is 0 Å². The summed E-state index contributed by atoms with van der Waals surface area (Å²) in [5.41, 5.74) is 4.60. The molecule has 1 amide bonds. The van der Waals surface area contributed by atoms with E-state index in [1.165, 1.54) is 4.90 Å². The predicted molar refractivity (Wildman–Crippen MR) is 62.4 cm³/mol. The van der Waals surface area contributed by atoms with Gasteiger partial charge in [0.15, 0.2) is 0 Å². The monoisotopic (exact) mass is 262 g/mol. The second-order valence-corrected chi connectivity index (χ2v) is 6.54. The van der Waals surface area contributed by atoms with E-state index in [0.29, 0.717) is 0 Å². The van der Waals surface area contributed by atoms with Crippen LogP contribution >= 0.6 is 0 Å². The van der Waals surface area contributed by atoms with Crippen molar-refractivity contribution in [2.45, 2.75) is 51.2 Å². The first-order valence-corrected chi connectivity index (χ1v) is 6.14. The molecule has 1 atom stereocenters. The Morgan fingerprint density at radius 1 is 1.39 bits per heavy atom. The van der Waals surface area contributed by atoms with E-state index in [-0.39, 0.29) is 25.9 Å². The number of hydrogen-bond acceptors (Lipinski definition) is 3. The van der Waals surface area contributed by atoms with E-state index >= 15 is 0 Å². The van der Waals surface area contributed by atoms with E-state index in [0.717, 1.165) is 0 Å². The molecule has 1 aliphatic carbocycles. The van der Waals surface area contributed by atoms with Crippen LogP contribution in [-0.4, -0.2) is 41.6 Å². The first-order chi connectivity index (χ1) is 8.03. The smallest absolute Gasteiger partial charge is 0.410 e. The van der Waals surface area contributed by atoms with Gasteiger partial charge < -0.3 is 15.4 Å². The fourth-order valence-corrected chi connectivity index (χ4v) is 2.77. The molecule has 1 spiro atoms. The van der Waals surface area contributed by atoms with Crippen molar-refractivity contribution < 1.29 is 18.3 Å². The molecule has 1 unspecified atom stereocenters. The Bertz CT molecular complexity index is 360. The van der Waals surface area contributed by atoms with Crippen LogP contribution in [0.15, 0.2) is 0 Å². The van der Waals surface area contributed by atoms with Gasteiger partial charge in [-0.15, -0.1) is 0 Å². The molecular weight excluding hydrogens is 242 g/mol. The summed E-state index contributed by atoms with van der Waals surface area (Å²) in [7, 11) is 0. The van der Waals surface area contributed by atoms with E-state index < -0.39 is 29.1 Å². The van der Waals surface area contributed by atoms with Crippen molar-refractivity contribution in [2.24, 2.45) is 11.1 Å². The minimum atomic E-state index is -2.70. The SMILES string of the molecule is CC(C)(C)OC(=O)N1CC2(C1)CC(F)(F)CC2N. The summed E-state index contributed by atoms with van der Waals surface area (Å²) in [4.78, 5) is 13.2. The topological polar surface area (TPSA) is 55.6 Å². The number of nitrogens with two attached hydrogens (primary N) is 1. The molecule has 1 saturated heterocycles. The summed E-state index contributed by atoms with van der Waals surface area (Å²) >= 11 is 0. The molecule has 1 heterocycles. The van der Waals surface area contributed by atoms with Crippen molar-refractivity contribution in [1.29, 1.82) is 0 Å². The highest BCUT2D eigenvalue weighted by atomic mass is 19.3. The molecule has 1 saturated carbocycles. The van der Waals surface area contributed by atoms with Gasteiger partial charge in [0.1, 0.15) is 5.60 Å². The third-order valence-electron chi connectivity index (χ3n) is 3.58. The zero-order valence-corrected chi connectivity index (χ0v) is 11.0. The van der Waals surface area contributed by atoms with Crippen LogP contribution in [0.4, 0.5) is 13.6 Å². The Hall–Kier alpha value is -0.910. The number of alkyl halides is 2. The first-order valence-electron chi connectivity index (χ1n) is 6.14. The van der Waals surface area contributed by atoms with Crippen LogP contribution in [0.3, 0.4) is 0 Å². The average Bonchev–Trinajstić information content (AvgIpc) is 2.29. The van der Waals surface area contributed by atoms with Gasteiger partial charge in [-0.05, 0) is 20.8 Å². The van der Waals surface area contributed by atoms with Crippen LogP contribution in [0, 0.1) is 5.41 Å². The molecule has 2 N–H and O–H groups in total. The van der Waals surface area contributed by atoms with Crippen LogP contribution in [-0.2, 0) is 4.74 Å². The number of halogens is 2. The molecule has 104 valence electrons. The second-order valence-electron chi connectivity index (χ2n) is 6.54. The summed E-state index contributed by atoms with van der Waals surface area (Å²) in [5, 5.41) is 0. The highest BCUT2D eigenvalue weighted by molar-refractivity contribution is 5.69. The summed E-state index contributed by atoms with van der Waals surface area (Å²) in [6, 6.07) is -0.536. The Morgan fingerprint density at radius 3 is 2.33 bits per heavy atom. The maximum absolute atomic E-state index is 13.3. The normalized spacial score (nSPS) is 29.2. The van der Waals surface area contributed by atoms with Crippen LogP contribution in [0.1, 0.15) is 33.6 Å². The van der Waals surface area contributed by atoms with Gasteiger partial charge >= 0.3 is 6.09 Å². The molecule has 0 bridgehead atoms. The molecule has 18 heavy (non-hydrogen) atoms. The molecule has 0 aromatic heterocycles. The maximum Gasteiger partial charge on any atom is 0.410 e. The number of carbonyl (C=O) groups is 1. The number of likely N-dealkylation sites (tertiary alicyclic amines) is 1. The van der Waals surface area contributed by atoms with Crippen molar-refractivity contribution in [3.05, 3.63) is 0 Å². The highest BCUT2D eigenvalue weighted by Gasteiger charge is 2.61. The van der Waals surface area contributed by atoms with Gasteiger partial charge in [-0.3, -0.25) is 0 Å². The first kappa shape index (κ1) is 13.5. The third kappa shape index (κ3) is 2.43.